The van der Waals surface area contributed by atoms with Crippen LogP contribution in [0.4, 0.5) is 0 Å². The Morgan fingerprint density at radius 3 is 1.72 bits per heavy atom. The van der Waals surface area contributed by atoms with E-state index in [4.69, 9.17) is 19.1 Å². The number of allylic oxidation sites excluding steroid dienone is 7. The van der Waals surface area contributed by atoms with Gasteiger partial charge in [0.1, 0.15) is 12.7 Å². The zero-order chi connectivity index (χ0) is 44.4. The summed E-state index contributed by atoms with van der Waals surface area (Å²) in [5.74, 6) is -0.297. The van der Waals surface area contributed by atoms with Gasteiger partial charge < -0.3 is 29.7 Å². The third-order valence-corrected chi connectivity index (χ3v) is 11.0. The van der Waals surface area contributed by atoms with Crippen molar-refractivity contribution in [2.45, 2.75) is 212 Å². The smallest absolute Gasteiger partial charge is 0.462 e. The molecule has 4 atom stereocenters. The molecule has 0 spiro atoms. The quantitative estimate of drug-likeness (QED) is 0.0151. The lowest BCUT2D eigenvalue weighted by Crippen LogP contribution is -2.30. The summed E-state index contributed by atoms with van der Waals surface area (Å²) in [5, 5.41) is 28.6. The standard InChI is InChI=1S/C48H87O11P/c1-4-5-6-7-8-9-10-15-19-22-25-28-31-35-44(50)36-33-38-47(52)56-41-46(42-58-60(54,55)57-40-45(51)39-49)59-48(53)37-32-29-26-23-20-17-14-12-11-13-16-18-21-24-27-30-34-43(2)3/h8-9,15,19,25,28,31,35,43-46,49-51H,4-7,10-14,16-18,20-24,26-27,29-30,32-34,36-42H2,1-3H3,(H,54,55)/b9-8-,19-15-,28-25-,35-31+/t44-,45+,46-/m1/s1. The molecule has 0 aliphatic carbocycles. The maximum absolute atomic E-state index is 12.7. The number of carbonyl (C=O) groups excluding carboxylic acids is 2. The Morgan fingerprint density at radius 2 is 1.13 bits per heavy atom. The van der Waals surface area contributed by atoms with E-state index < -0.39 is 64.5 Å². The van der Waals surface area contributed by atoms with E-state index in [1.807, 2.05) is 12.2 Å². The van der Waals surface area contributed by atoms with Crippen LogP contribution in [0.2, 0.25) is 0 Å². The van der Waals surface area contributed by atoms with E-state index in [0.717, 1.165) is 44.4 Å². The maximum atomic E-state index is 12.7. The molecule has 0 aromatic rings. The zero-order valence-corrected chi connectivity index (χ0v) is 38.8. The van der Waals surface area contributed by atoms with Crippen LogP contribution < -0.4 is 0 Å². The summed E-state index contributed by atoms with van der Waals surface area (Å²) in [5.41, 5.74) is 0. The average Bonchev–Trinajstić information content (AvgIpc) is 3.22. The Kier molecular flexibility index (Phi) is 40.7. The van der Waals surface area contributed by atoms with Gasteiger partial charge in [-0.05, 0) is 50.9 Å². The predicted molar refractivity (Wildman–Crippen MR) is 243 cm³/mol. The highest BCUT2D eigenvalue weighted by Gasteiger charge is 2.27. The first kappa shape index (κ1) is 57.9. The second-order valence-electron chi connectivity index (χ2n) is 16.5. The Balaban J connectivity index is 4.40. The van der Waals surface area contributed by atoms with Gasteiger partial charge in [-0.3, -0.25) is 18.6 Å². The molecule has 0 saturated heterocycles. The summed E-state index contributed by atoms with van der Waals surface area (Å²) in [6.07, 6.45) is 41.1. The SMILES string of the molecule is CCCCC/C=C\C/C=C\C/C=C\C=C\[C@@H](O)CCCC(=O)OC[C@H](COP(=O)(O)OC[C@@H](O)CO)OC(=O)CCCCCCCCCCCCCCCCCCC(C)C. The second-order valence-corrected chi connectivity index (χ2v) is 17.9. The molecule has 0 amide bonds. The van der Waals surface area contributed by atoms with Gasteiger partial charge in [0.15, 0.2) is 6.10 Å². The Labute approximate surface area is 365 Å². The van der Waals surface area contributed by atoms with Crippen LogP contribution in [0.5, 0.6) is 0 Å². The fourth-order valence-electron chi connectivity index (χ4n) is 6.34. The minimum Gasteiger partial charge on any atom is -0.462 e. The van der Waals surface area contributed by atoms with Gasteiger partial charge in [-0.15, -0.1) is 0 Å². The number of phosphoric acid groups is 1. The fraction of sp³-hybridized carbons (Fsp3) is 0.792. The molecule has 0 rings (SSSR count). The van der Waals surface area contributed by atoms with Crippen LogP contribution in [-0.4, -0.2) is 76.9 Å². The summed E-state index contributed by atoms with van der Waals surface area (Å²) in [6, 6.07) is 0. The number of esters is 2. The van der Waals surface area contributed by atoms with Gasteiger partial charge in [-0.25, -0.2) is 4.57 Å². The maximum Gasteiger partial charge on any atom is 0.472 e. The van der Waals surface area contributed by atoms with Crippen LogP contribution in [0, 0.1) is 5.92 Å². The number of rotatable bonds is 43. The number of phosphoric ester groups is 1. The van der Waals surface area contributed by atoms with E-state index in [-0.39, 0.29) is 12.8 Å². The van der Waals surface area contributed by atoms with Crippen molar-refractivity contribution in [1.82, 2.24) is 0 Å². The summed E-state index contributed by atoms with van der Waals surface area (Å²) in [6.45, 7) is 4.49. The van der Waals surface area contributed by atoms with E-state index >= 15 is 0 Å². The van der Waals surface area contributed by atoms with Gasteiger partial charge in [-0.1, -0.05) is 185 Å². The molecular formula is C48H87O11P. The number of aliphatic hydroxyl groups excluding tert-OH is 3. The van der Waals surface area contributed by atoms with Crippen molar-refractivity contribution < 1.29 is 52.9 Å². The lowest BCUT2D eigenvalue weighted by Gasteiger charge is -2.20. The van der Waals surface area contributed by atoms with Gasteiger partial charge in [0.25, 0.3) is 0 Å². The normalized spacial score (nSPS) is 14.8. The van der Waals surface area contributed by atoms with Crippen LogP contribution in [0.1, 0.15) is 194 Å². The molecule has 11 nitrogen and oxygen atoms in total. The molecule has 0 aromatic heterocycles. The average molecular weight is 871 g/mol. The first-order valence-electron chi connectivity index (χ1n) is 23.6. The molecule has 1 unspecified atom stereocenters. The van der Waals surface area contributed by atoms with Crippen LogP contribution in [0.15, 0.2) is 48.6 Å². The molecule has 0 heterocycles. The Morgan fingerprint density at radius 1 is 0.600 bits per heavy atom. The van der Waals surface area contributed by atoms with Crippen molar-refractivity contribution in [1.29, 1.82) is 0 Å². The molecule has 0 saturated carbocycles. The number of hydrogen-bond acceptors (Lipinski definition) is 10. The van der Waals surface area contributed by atoms with Crippen LogP contribution >= 0.6 is 7.82 Å². The lowest BCUT2D eigenvalue weighted by atomic mass is 10.0. The van der Waals surface area contributed by atoms with Gasteiger partial charge in [-0.2, -0.15) is 0 Å². The fourth-order valence-corrected chi connectivity index (χ4v) is 7.13. The minimum atomic E-state index is -4.67. The molecule has 0 bridgehead atoms. The van der Waals surface area contributed by atoms with Crippen LogP contribution in [0.3, 0.4) is 0 Å². The third kappa shape index (κ3) is 42.6. The van der Waals surface area contributed by atoms with E-state index in [9.17, 15) is 29.3 Å². The third-order valence-electron chi connectivity index (χ3n) is 10.0. The molecule has 4 N–H and O–H groups in total. The van der Waals surface area contributed by atoms with E-state index in [1.54, 1.807) is 12.2 Å². The number of ether oxygens (including phenoxy) is 2. The lowest BCUT2D eigenvalue weighted by molar-refractivity contribution is -0.161. The molecule has 12 heteroatoms. The van der Waals surface area contributed by atoms with E-state index in [2.05, 4.69) is 49.6 Å². The van der Waals surface area contributed by atoms with Crippen LogP contribution in [0.25, 0.3) is 0 Å². The highest BCUT2D eigenvalue weighted by Crippen LogP contribution is 2.43. The molecule has 60 heavy (non-hydrogen) atoms. The predicted octanol–water partition coefficient (Wildman–Crippen LogP) is 11.7. The van der Waals surface area contributed by atoms with Crippen molar-refractivity contribution in [2.24, 2.45) is 5.92 Å². The summed E-state index contributed by atoms with van der Waals surface area (Å²) in [7, 11) is -4.67. The van der Waals surface area contributed by atoms with Crippen molar-refractivity contribution in [3.8, 4) is 0 Å². The number of aliphatic hydroxyl groups is 3. The molecule has 0 radical (unpaired) electrons. The van der Waals surface area contributed by atoms with E-state index in [0.29, 0.717) is 19.3 Å². The number of hydrogen-bond donors (Lipinski definition) is 4. The van der Waals surface area contributed by atoms with Gasteiger partial charge in [0.2, 0.25) is 0 Å². The Bertz CT molecular complexity index is 1170. The molecule has 0 aliphatic heterocycles. The topological polar surface area (TPSA) is 169 Å². The summed E-state index contributed by atoms with van der Waals surface area (Å²) < 4.78 is 32.6. The van der Waals surface area contributed by atoms with Crippen molar-refractivity contribution in [3.05, 3.63) is 48.6 Å². The van der Waals surface area contributed by atoms with Crippen molar-refractivity contribution in [3.63, 3.8) is 0 Å². The van der Waals surface area contributed by atoms with Gasteiger partial charge in [0, 0.05) is 12.8 Å². The minimum absolute atomic E-state index is 0.0135. The number of carbonyl (C=O) groups is 2. The monoisotopic (exact) mass is 871 g/mol. The van der Waals surface area contributed by atoms with Crippen molar-refractivity contribution >= 4 is 19.8 Å². The first-order chi connectivity index (χ1) is 29.0. The highest BCUT2D eigenvalue weighted by molar-refractivity contribution is 7.47. The Hall–Kier alpha value is -2.11. The van der Waals surface area contributed by atoms with Crippen molar-refractivity contribution in [2.75, 3.05) is 26.4 Å². The number of unbranched alkanes of at least 4 members (excludes halogenated alkanes) is 18. The summed E-state index contributed by atoms with van der Waals surface area (Å²) in [4.78, 5) is 35.1. The molecule has 0 aromatic carbocycles. The highest BCUT2D eigenvalue weighted by atomic mass is 31.2. The largest absolute Gasteiger partial charge is 0.472 e. The molecule has 0 fully saturated rings. The van der Waals surface area contributed by atoms with E-state index in [1.165, 1.54) is 103 Å². The van der Waals surface area contributed by atoms with Crippen LogP contribution in [-0.2, 0) is 32.7 Å². The molecular weight excluding hydrogens is 783 g/mol. The van der Waals surface area contributed by atoms with Gasteiger partial charge in [0.05, 0.1) is 25.9 Å². The second kappa shape index (κ2) is 42.2. The first-order valence-corrected chi connectivity index (χ1v) is 25.1. The zero-order valence-electron chi connectivity index (χ0n) is 37.9. The summed E-state index contributed by atoms with van der Waals surface area (Å²) >= 11 is 0. The molecule has 350 valence electrons. The molecule has 0 aliphatic rings. The van der Waals surface area contributed by atoms with Gasteiger partial charge >= 0.3 is 19.8 Å².